The smallest absolute Gasteiger partial charge is 0.277 e. The van der Waals surface area contributed by atoms with Crippen LogP contribution >= 0.6 is 0 Å². The van der Waals surface area contributed by atoms with Gasteiger partial charge in [0.25, 0.3) is 5.56 Å². The average Bonchev–Trinajstić information content (AvgIpc) is 3.20. The van der Waals surface area contributed by atoms with Crippen molar-refractivity contribution >= 4 is 28.4 Å². The molecule has 0 bridgehead atoms. The molecular weight excluding hydrogens is 476 g/mol. The summed E-state index contributed by atoms with van der Waals surface area (Å²) in [6, 6.07) is 6.29. The number of aromatic nitrogens is 4. The second-order valence-corrected chi connectivity index (χ2v) is 9.26. The molecular formula is C29H44N8O. The third kappa shape index (κ3) is 8.71. The second kappa shape index (κ2) is 15.5. The highest BCUT2D eigenvalue weighted by atomic mass is 16.1. The molecule has 2 aromatic heterocycles. The number of H-pyrrole nitrogens is 1. The molecule has 0 saturated carbocycles. The van der Waals surface area contributed by atoms with Crippen LogP contribution in [-0.4, -0.2) is 71.5 Å². The van der Waals surface area contributed by atoms with Gasteiger partial charge in [-0.2, -0.15) is 4.98 Å². The van der Waals surface area contributed by atoms with Gasteiger partial charge in [0.2, 0.25) is 5.95 Å². The van der Waals surface area contributed by atoms with Gasteiger partial charge in [0, 0.05) is 50.3 Å². The van der Waals surface area contributed by atoms with Gasteiger partial charge in [-0.25, -0.2) is 9.67 Å². The summed E-state index contributed by atoms with van der Waals surface area (Å²) in [7, 11) is 4.11. The molecule has 206 valence electrons. The van der Waals surface area contributed by atoms with E-state index < -0.39 is 0 Å². The van der Waals surface area contributed by atoms with Crippen molar-refractivity contribution in [2.24, 2.45) is 0 Å². The highest BCUT2D eigenvalue weighted by molar-refractivity contribution is 5.74. The molecule has 3 aromatic rings. The fraction of sp³-hybridized carbons (Fsp3) is 0.414. The summed E-state index contributed by atoms with van der Waals surface area (Å²) < 4.78 is 1.46. The molecule has 1 aliphatic heterocycles. The molecule has 9 heteroatoms. The molecule has 1 aliphatic rings. The van der Waals surface area contributed by atoms with E-state index in [1.54, 1.807) is 18.3 Å². The highest BCUT2D eigenvalue weighted by Crippen LogP contribution is 2.26. The Hall–Kier alpha value is -3.69. The molecule has 1 fully saturated rings. The van der Waals surface area contributed by atoms with E-state index in [0.29, 0.717) is 23.5 Å². The number of anilines is 3. The molecule has 1 aromatic carbocycles. The predicted molar refractivity (Wildman–Crippen MR) is 162 cm³/mol. The fourth-order valence-corrected chi connectivity index (χ4v) is 3.91. The van der Waals surface area contributed by atoms with Crippen LogP contribution < -0.4 is 21.1 Å². The van der Waals surface area contributed by atoms with E-state index in [1.165, 1.54) is 21.5 Å². The van der Waals surface area contributed by atoms with Crippen LogP contribution in [0.2, 0.25) is 0 Å². The number of nitrogens with zero attached hydrogens (tertiary/aromatic N) is 5. The topological polar surface area (TPSA) is 94.1 Å². The molecule has 0 aliphatic carbocycles. The molecule has 3 heterocycles. The molecule has 4 rings (SSSR count). The summed E-state index contributed by atoms with van der Waals surface area (Å²) in [5, 5.41) is 9.74. The first kappa shape index (κ1) is 30.5. The monoisotopic (exact) mass is 520 g/mol. The maximum absolute atomic E-state index is 12.2. The predicted octanol–water partition coefficient (Wildman–Crippen LogP) is 4.47. The van der Waals surface area contributed by atoms with E-state index in [-0.39, 0.29) is 5.56 Å². The quantitative estimate of drug-likeness (QED) is 0.396. The zero-order valence-electron chi connectivity index (χ0n) is 23.8. The van der Waals surface area contributed by atoms with Crippen LogP contribution in [-0.2, 0) is 6.54 Å². The fourth-order valence-electron chi connectivity index (χ4n) is 3.91. The van der Waals surface area contributed by atoms with Gasteiger partial charge < -0.3 is 20.4 Å². The summed E-state index contributed by atoms with van der Waals surface area (Å²) in [6.45, 7) is 20.8. The lowest BCUT2D eigenvalue weighted by molar-refractivity contribution is 0.312. The van der Waals surface area contributed by atoms with Crippen molar-refractivity contribution in [1.29, 1.82) is 0 Å². The minimum absolute atomic E-state index is 0.145. The molecule has 0 radical (unpaired) electrons. The Kier molecular flexibility index (Phi) is 12.5. The van der Waals surface area contributed by atoms with Crippen LogP contribution in [0.3, 0.4) is 0 Å². The zero-order chi connectivity index (χ0) is 28.1. The van der Waals surface area contributed by atoms with Gasteiger partial charge in [-0.05, 0) is 65.6 Å². The number of allylic oxidation sites excluding steroid dienone is 3. The molecule has 0 amide bonds. The summed E-state index contributed by atoms with van der Waals surface area (Å²) >= 11 is 0. The lowest BCUT2D eigenvalue weighted by atomic mass is 10.1. The number of piperazine rings is 1. The number of likely N-dealkylation sites (N-methyl/N-ethyl adjacent to an activating group) is 2. The standard InChI is InChI=1S/C20H25N7O.C6H13N.C3H6/c1-4-7-27-19(28)16-13-21-20(23-18(16)24-27)22-15-5-6-17(14(2)12-15)26-10-8-25(3)9-11-26;1-4-6(2)5-7-3;1-3-2/h4-6,12-13H,1,7-11H2,2-3H3,(H2,21,22,23,24);4,7H,5H2,1-3H3;3H,1H2,2H3/b;6-4+;. The van der Waals surface area contributed by atoms with Crippen molar-refractivity contribution in [3.05, 3.63) is 77.3 Å². The lowest BCUT2D eigenvalue weighted by Gasteiger charge is -2.35. The number of hydrogen-bond donors (Lipinski definition) is 3. The van der Waals surface area contributed by atoms with Crippen molar-refractivity contribution in [3.8, 4) is 0 Å². The minimum Gasteiger partial charge on any atom is -0.369 e. The van der Waals surface area contributed by atoms with E-state index in [1.807, 2.05) is 27.0 Å². The van der Waals surface area contributed by atoms with E-state index in [9.17, 15) is 4.79 Å². The maximum Gasteiger partial charge on any atom is 0.277 e. The molecule has 0 unspecified atom stereocenters. The number of fused-ring (bicyclic) bond motifs is 1. The van der Waals surface area contributed by atoms with Gasteiger partial charge in [0.1, 0.15) is 5.39 Å². The van der Waals surface area contributed by atoms with Gasteiger partial charge in [0.15, 0.2) is 5.65 Å². The number of hydrogen-bond acceptors (Lipinski definition) is 7. The van der Waals surface area contributed by atoms with Crippen LogP contribution in [0.5, 0.6) is 0 Å². The van der Waals surface area contributed by atoms with Crippen LogP contribution in [0.15, 0.2) is 66.1 Å². The Bertz CT molecular complexity index is 1270. The first-order valence-corrected chi connectivity index (χ1v) is 13.0. The first-order valence-electron chi connectivity index (χ1n) is 13.0. The van der Waals surface area contributed by atoms with E-state index >= 15 is 0 Å². The Balaban J connectivity index is 0.000000436. The Labute approximate surface area is 227 Å². The normalized spacial score (nSPS) is 13.7. The molecule has 9 nitrogen and oxygen atoms in total. The largest absolute Gasteiger partial charge is 0.369 e. The minimum atomic E-state index is -0.145. The SMILES string of the molecule is C/C=C(\C)CNC.C=CC.C=CCn1[nH]c2nc(Nc3ccc(N4CCN(C)CC4)c(C)c3)ncc2c1=O. The molecule has 0 atom stereocenters. The summed E-state index contributed by atoms with van der Waals surface area (Å²) in [4.78, 5) is 25.7. The lowest BCUT2D eigenvalue weighted by Crippen LogP contribution is -2.44. The van der Waals surface area contributed by atoms with Crippen LogP contribution in [0.1, 0.15) is 26.3 Å². The first-order chi connectivity index (χ1) is 18.3. The molecule has 1 saturated heterocycles. The molecule has 3 N–H and O–H groups in total. The number of rotatable bonds is 7. The van der Waals surface area contributed by atoms with Crippen LogP contribution in [0, 0.1) is 6.92 Å². The summed E-state index contributed by atoms with van der Waals surface area (Å²) in [6.07, 6.45) is 7.07. The Morgan fingerprint density at radius 1 is 1.18 bits per heavy atom. The van der Waals surface area contributed by atoms with Crippen LogP contribution in [0.25, 0.3) is 11.0 Å². The van der Waals surface area contributed by atoms with Crippen molar-refractivity contribution < 1.29 is 0 Å². The van der Waals surface area contributed by atoms with E-state index in [4.69, 9.17) is 0 Å². The maximum atomic E-state index is 12.2. The van der Waals surface area contributed by atoms with Gasteiger partial charge >= 0.3 is 0 Å². The van der Waals surface area contributed by atoms with Gasteiger partial charge in [0.05, 0.1) is 6.54 Å². The van der Waals surface area contributed by atoms with Crippen molar-refractivity contribution in [1.82, 2.24) is 30.0 Å². The molecule has 38 heavy (non-hydrogen) atoms. The number of nitrogens with one attached hydrogen (secondary N) is 3. The second-order valence-electron chi connectivity index (χ2n) is 9.26. The third-order valence-corrected chi connectivity index (χ3v) is 6.06. The average molecular weight is 521 g/mol. The highest BCUT2D eigenvalue weighted by Gasteiger charge is 2.16. The van der Waals surface area contributed by atoms with Gasteiger partial charge in [-0.3, -0.25) is 9.89 Å². The third-order valence-electron chi connectivity index (χ3n) is 6.06. The van der Waals surface area contributed by atoms with E-state index in [0.717, 1.165) is 38.4 Å². The number of benzene rings is 1. The van der Waals surface area contributed by atoms with E-state index in [2.05, 4.69) is 87.8 Å². The van der Waals surface area contributed by atoms with Gasteiger partial charge in [-0.15, -0.1) is 13.2 Å². The Morgan fingerprint density at radius 2 is 1.87 bits per heavy atom. The number of aromatic amines is 1. The molecule has 0 spiro atoms. The van der Waals surface area contributed by atoms with Crippen LogP contribution in [0.4, 0.5) is 17.3 Å². The summed E-state index contributed by atoms with van der Waals surface area (Å²) in [5.41, 5.74) is 5.15. The van der Waals surface area contributed by atoms with Crippen molar-refractivity contribution in [3.63, 3.8) is 0 Å². The Morgan fingerprint density at radius 3 is 2.42 bits per heavy atom. The van der Waals surface area contributed by atoms with Gasteiger partial charge in [-0.1, -0.05) is 23.8 Å². The zero-order valence-corrected chi connectivity index (χ0v) is 23.8. The summed E-state index contributed by atoms with van der Waals surface area (Å²) in [5.74, 6) is 0.450. The number of aryl methyl sites for hydroxylation is 1. The van der Waals surface area contributed by atoms with Crippen molar-refractivity contribution in [2.75, 3.05) is 57.0 Å². The van der Waals surface area contributed by atoms with Crippen molar-refractivity contribution in [2.45, 2.75) is 34.2 Å².